The summed E-state index contributed by atoms with van der Waals surface area (Å²) in [5.74, 6) is 0. The highest BCUT2D eigenvalue weighted by Gasteiger charge is 1.90. The van der Waals surface area contributed by atoms with Gasteiger partial charge in [0.2, 0.25) is 0 Å². The molecule has 0 aliphatic rings. The van der Waals surface area contributed by atoms with Crippen LogP contribution in [0.25, 0.3) is 0 Å². The fraction of sp³-hybridized carbons (Fsp3) is 0.714. The SMILES string of the molecule is C=NN(C)/C=N\C(C)CC. The summed E-state index contributed by atoms with van der Waals surface area (Å²) in [5.41, 5.74) is 0. The number of hydrogen-bond acceptors (Lipinski definition) is 2. The molecular weight excluding hydrogens is 126 g/mol. The average molecular weight is 141 g/mol. The van der Waals surface area contributed by atoms with Crippen LogP contribution in [-0.2, 0) is 0 Å². The van der Waals surface area contributed by atoms with E-state index >= 15 is 0 Å². The van der Waals surface area contributed by atoms with Gasteiger partial charge in [-0.15, -0.1) is 0 Å². The first-order chi connectivity index (χ1) is 4.70. The van der Waals surface area contributed by atoms with Crippen LogP contribution in [-0.4, -0.2) is 31.2 Å². The molecule has 0 aromatic heterocycles. The molecule has 0 bridgehead atoms. The summed E-state index contributed by atoms with van der Waals surface area (Å²) in [6.45, 7) is 7.51. The fourth-order valence-electron chi connectivity index (χ4n) is 0.352. The molecule has 0 aromatic carbocycles. The summed E-state index contributed by atoms with van der Waals surface area (Å²) < 4.78 is 0. The first-order valence-electron chi connectivity index (χ1n) is 3.43. The molecule has 10 heavy (non-hydrogen) atoms. The van der Waals surface area contributed by atoms with Crippen molar-refractivity contribution in [3.05, 3.63) is 0 Å². The van der Waals surface area contributed by atoms with Crippen LogP contribution < -0.4 is 0 Å². The number of aliphatic imine (C=N–C) groups is 1. The lowest BCUT2D eigenvalue weighted by Crippen LogP contribution is -2.08. The van der Waals surface area contributed by atoms with E-state index in [9.17, 15) is 0 Å². The third-order valence-corrected chi connectivity index (χ3v) is 1.30. The van der Waals surface area contributed by atoms with Gasteiger partial charge in [-0.1, -0.05) is 6.92 Å². The van der Waals surface area contributed by atoms with E-state index in [0.29, 0.717) is 6.04 Å². The van der Waals surface area contributed by atoms with Gasteiger partial charge < -0.3 is 0 Å². The maximum Gasteiger partial charge on any atom is 0.106 e. The van der Waals surface area contributed by atoms with E-state index in [-0.39, 0.29) is 0 Å². The molecule has 0 radical (unpaired) electrons. The van der Waals surface area contributed by atoms with E-state index in [2.05, 4.69) is 30.7 Å². The van der Waals surface area contributed by atoms with Crippen molar-refractivity contribution in [1.82, 2.24) is 5.01 Å². The second kappa shape index (κ2) is 4.97. The fourth-order valence-corrected chi connectivity index (χ4v) is 0.352. The van der Waals surface area contributed by atoms with E-state index in [1.807, 2.05) is 0 Å². The minimum absolute atomic E-state index is 0.379. The van der Waals surface area contributed by atoms with Crippen LogP contribution in [0.2, 0.25) is 0 Å². The summed E-state index contributed by atoms with van der Waals surface area (Å²) in [6.07, 6.45) is 2.74. The molecule has 0 N–H and O–H groups in total. The Morgan fingerprint density at radius 1 is 1.70 bits per heavy atom. The lowest BCUT2D eigenvalue weighted by atomic mass is 10.3. The van der Waals surface area contributed by atoms with E-state index in [0.717, 1.165) is 6.42 Å². The van der Waals surface area contributed by atoms with Gasteiger partial charge in [0.15, 0.2) is 0 Å². The van der Waals surface area contributed by atoms with Crippen LogP contribution in [0.1, 0.15) is 20.3 Å². The number of hydrogen-bond donors (Lipinski definition) is 0. The molecule has 0 saturated heterocycles. The van der Waals surface area contributed by atoms with Crippen LogP contribution in [0.15, 0.2) is 10.1 Å². The zero-order chi connectivity index (χ0) is 7.98. The molecule has 0 saturated carbocycles. The van der Waals surface area contributed by atoms with Gasteiger partial charge in [0.1, 0.15) is 6.34 Å². The van der Waals surface area contributed by atoms with Crippen LogP contribution in [0, 0.1) is 0 Å². The summed E-state index contributed by atoms with van der Waals surface area (Å²) in [4.78, 5) is 4.18. The third kappa shape index (κ3) is 4.06. The van der Waals surface area contributed by atoms with Crippen molar-refractivity contribution in [1.29, 1.82) is 0 Å². The molecule has 0 rings (SSSR count). The van der Waals surface area contributed by atoms with Crippen molar-refractivity contribution in [3.63, 3.8) is 0 Å². The van der Waals surface area contributed by atoms with E-state index in [1.165, 1.54) is 0 Å². The molecule has 3 nitrogen and oxygen atoms in total. The van der Waals surface area contributed by atoms with Crippen LogP contribution in [0.5, 0.6) is 0 Å². The molecular formula is C7H15N3. The van der Waals surface area contributed by atoms with Gasteiger partial charge in [0.25, 0.3) is 0 Å². The molecule has 1 atom stereocenters. The van der Waals surface area contributed by atoms with Gasteiger partial charge in [-0.3, -0.25) is 10.0 Å². The molecule has 0 amide bonds. The Balaban J connectivity index is 3.62. The standard InChI is InChI=1S/C7H15N3/c1-5-7(2)9-6-10(4)8-3/h6-7H,3,5H2,1-2,4H3/b9-6-. The highest BCUT2D eigenvalue weighted by molar-refractivity contribution is 5.54. The minimum atomic E-state index is 0.379. The van der Waals surface area contributed by atoms with Gasteiger partial charge in [0, 0.05) is 19.8 Å². The molecule has 0 aliphatic carbocycles. The molecule has 0 heterocycles. The van der Waals surface area contributed by atoms with E-state index in [1.54, 1.807) is 18.4 Å². The lowest BCUT2D eigenvalue weighted by Gasteiger charge is -2.05. The van der Waals surface area contributed by atoms with Gasteiger partial charge in [-0.2, -0.15) is 5.10 Å². The predicted octanol–water partition coefficient (Wildman–Crippen LogP) is 1.36. The van der Waals surface area contributed by atoms with Crippen molar-refractivity contribution in [3.8, 4) is 0 Å². The highest BCUT2D eigenvalue weighted by atomic mass is 15.4. The monoisotopic (exact) mass is 141 g/mol. The van der Waals surface area contributed by atoms with Gasteiger partial charge >= 0.3 is 0 Å². The quantitative estimate of drug-likeness (QED) is 0.330. The van der Waals surface area contributed by atoms with Crippen molar-refractivity contribution < 1.29 is 0 Å². The van der Waals surface area contributed by atoms with E-state index < -0.39 is 0 Å². The Morgan fingerprint density at radius 2 is 2.30 bits per heavy atom. The summed E-state index contributed by atoms with van der Waals surface area (Å²) in [5, 5.41) is 5.22. The van der Waals surface area contributed by atoms with Gasteiger partial charge in [-0.05, 0) is 13.3 Å². The summed E-state index contributed by atoms with van der Waals surface area (Å²) in [6, 6.07) is 0.379. The zero-order valence-electron chi connectivity index (χ0n) is 6.91. The Kier molecular flexibility index (Phi) is 4.54. The Labute approximate surface area is 62.4 Å². The maximum atomic E-state index is 4.18. The van der Waals surface area contributed by atoms with Crippen LogP contribution in [0.4, 0.5) is 0 Å². The Morgan fingerprint density at radius 3 is 2.70 bits per heavy atom. The predicted molar refractivity (Wildman–Crippen MR) is 45.6 cm³/mol. The molecule has 0 spiro atoms. The zero-order valence-corrected chi connectivity index (χ0v) is 6.91. The molecule has 58 valence electrons. The largest absolute Gasteiger partial charge is 0.271 e. The second-order valence-electron chi connectivity index (χ2n) is 2.24. The van der Waals surface area contributed by atoms with Gasteiger partial charge in [-0.25, -0.2) is 0 Å². The Bertz CT molecular complexity index is 120. The molecule has 1 unspecified atom stereocenters. The first-order valence-corrected chi connectivity index (χ1v) is 3.43. The smallest absolute Gasteiger partial charge is 0.106 e. The van der Waals surface area contributed by atoms with Crippen molar-refractivity contribution in [2.45, 2.75) is 26.3 Å². The van der Waals surface area contributed by atoms with Crippen LogP contribution >= 0.6 is 0 Å². The average Bonchev–Trinajstić information content (AvgIpc) is 1.99. The van der Waals surface area contributed by atoms with Crippen molar-refractivity contribution in [2.24, 2.45) is 10.1 Å². The molecule has 0 fully saturated rings. The van der Waals surface area contributed by atoms with Gasteiger partial charge in [0.05, 0.1) is 0 Å². The minimum Gasteiger partial charge on any atom is -0.271 e. The normalized spacial score (nSPS) is 13.5. The number of rotatable bonds is 4. The third-order valence-electron chi connectivity index (χ3n) is 1.30. The second-order valence-corrected chi connectivity index (χ2v) is 2.24. The molecule has 0 aromatic rings. The number of nitrogens with zero attached hydrogens (tertiary/aromatic N) is 3. The summed E-state index contributed by atoms with van der Waals surface area (Å²) in [7, 11) is 1.80. The lowest BCUT2D eigenvalue weighted by molar-refractivity contribution is 0.557. The van der Waals surface area contributed by atoms with Crippen molar-refractivity contribution >= 4 is 13.1 Å². The van der Waals surface area contributed by atoms with Crippen molar-refractivity contribution in [2.75, 3.05) is 7.05 Å². The first kappa shape index (κ1) is 9.14. The number of hydrazone groups is 1. The summed E-state index contributed by atoms with van der Waals surface area (Å²) >= 11 is 0. The Hall–Kier alpha value is -0.860. The topological polar surface area (TPSA) is 28.0 Å². The van der Waals surface area contributed by atoms with E-state index in [4.69, 9.17) is 0 Å². The molecule has 0 aliphatic heterocycles. The maximum absolute atomic E-state index is 4.18. The highest BCUT2D eigenvalue weighted by Crippen LogP contribution is 1.93. The molecule has 3 heteroatoms. The van der Waals surface area contributed by atoms with Crippen LogP contribution in [0.3, 0.4) is 0 Å².